The molecule has 0 unspecified atom stereocenters. The molecule has 8 nitrogen and oxygen atoms in total. The number of hydrogen-bond acceptors (Lipinski definition) is 6. The Labute approximate surface area is 207 Å². The van der Waals surface area contributed by atoms with E-state index in [1.807, 2.05) is 37.3 Å². The molecule has 1 saturated carbocycles. The number of benzene rings is 1. The molecule has 1 amide bonds. The summed E-state index contributed by atoms with van der Waals surface area (Å²) in [6.07, 6.45) is 2.96. The van der Waals surface area contributed by atoms with Crippen LogP contribution in [0.5, 0.6) is 0 Å². The zero-order chi connectivity index (χ0) is 25.4. The Morgan fingerprint density at radius 2 is 1.94 bits per heavy atom. The van der Waals surface area contributed by atoms with Gasteiger partial charge in [0.15, 0.2) is 0 Å². The monoisotopic (exact) mass is 485 g/mol. The highest BCUT2D eigenvalue weighted by Gasteiger charge is 2.37. The van der Waals surface area contributed by atoms with Gasteiger partial charge in [0.1, 0.15) is 5.69 Å². The van der Waals surface area contributed by atoms with Gasteiger partial charge in [0.2, 0.25) is 0 Å². The van der Waals surface area contributed by atoms with Crippen molar-refractivity contribution in [2.24, 2.45) is 11.8 Å². The summed E-state index contributed by atoms with van der Waals surface area (Å²) >= 11 is 0. The van der Waals surface area contributed by atoms with Crippen molar-refractivity contribution in [1.82, 2.24) is 15.1 Å². The number of aliphatic hydroxyl groups excluding tert-OH is 1. The zero-order valence-corrected chi connectivity index (χ0v) is 21.0. The lowest BCUT2D eigenvalue weighted by atomic mass is 9.73. The molecule has 35 heavy (non-hydrogen) atoms. The first-order chi connectivity index (χ1) is 16.7. The summed E-state index contributed by atoms with van der Waals surface area (Å²) in [7, 11) is 1.54. The Hall–Kier alpha value is -2.55. The van der Waals surface area contributed by atoms with Gasteiger partial charge in [0.25, 0.3) is 11.5 Å². The summed E-state index contributed by atoms with van der Waals surface area (Å²) in [6, 6.07) is 12.8. The molecule has 1 aliphatic rings. The quantitative estimate of drug-likeness (QED) is 0.556. The van der Waals surface area contributed by atoms with Crippen LogP contribution in [0, 0.1) is 11.8 Å². The van der Waals surface area contributed by atoms with Crippen molar-refractivity contribution in [3.63, 3.8) is 0 Å². The lowest BCUT2D eigenvalue weighted by Crippen LogP contribution is -2.44. The van der Waals surface area contributed by atoms with Crippen molar-refractivity contribution in [3.8, 4) is 0 Å². The number of amides is 1. The van der Waals surface area contributed by atoms with Crippen LogP contribution in [-0.4, -0.2) is 57.9 Å². The maximum absolute atomic E-state index is 12.9. The van der Waals surface area contributed by atoms with Crippen LogP contribution in [0.2, 0.25) is 0 Å². The maximum atomic E-state index is 12.9. The molecule has 3 rings (SSSR count). The fourth-order valence-electron chi connectivity index (χ4n) is 5.07. The van der Waals surface area contributed by atoms with Crippen molar-refractivity contribution in [1.29, 1.82) is 0 Å². The van der Waals surface area contributed by atoms with Gasteiger partial charge in [-0.3, -0.25) is 9.59 Å². The van der Waals surface area contributed by atoms with Crippen LogP contribution in [0.15, 0.2) is 47.3 Å². The second-order valence-electron chi connectivity index (χ2n) is 10.2. The van der Waals surface area contributed by atoms with Crippen molar-refractivity contribution >= 4 is 5.91 Å². The second-order valence-corrected chi connectivity index (χ2v) is 10.2. The highest BCUT2D eigenvalue weighted by Crippen LogP contribution is 2.38. The minimum atomic E-state index is -1.05. The van der Waals surface area contributed by atoms with E-state index in [0.717, 1.165) is 24.8 Å². The Morgan fingerprint density at radius 3 is 2.66 bits per heavy atom. The van der Waals surface area contributed by atoms with E-state index >= 15 is 0 Å². The average Bonchev–Trinajstić information content (AvgIpc) is 2.82. The number of nitrogens with zero attached hydrogens (tertiary/aromatic N) is 2. The molecule has 0 spiro atoms. The van der Waals surface area contributed by atoms with E-state index in [2.05, 4.69) is 17.3 Å². The second kappa shape index (κ2) is 12.4. The standard InChI is InChI=1S/C27H39N3O5/c1-19-9-10-22(18-28-26(33)24-11-12-25(32)30(29-24)13-14-35-3)27(2,34)17-21(16-23(31)15-19)20-7-5-4-6-8-20/h4-8,11-12,19,21-23,31,34H,9-10,13-18H2,1-3H3,(H,28,33)/t19-,21-,22+,23+,27-/m1/s1. The van der Waals surface area contributed by atoms with Gasteiger partial charge in [-0.25, -0.2) is 4.68 Å². The van der Waals surface area contributed by atoms with E-state index in [4.69, 9.17) is 4.74 Å². The molecule has 0 radical (unpaired) electrons. The Morgan fingerprint density at radius 1 is 1.20 bits per heavy atom. The third-order valence-electron chi connectivity index (χ3n) is 7.16. The van der Waals surface area contributed by atoms with Crippen LogP contribution >= 0.6 is 0 Å². The number of ether oxygens (including phenoxy) is 1. The number of hydrogen-bond donors (Lipinski definition) is 3. The number of methoxy groups -OCH3 is 1. The Bertz CT molecular complexity index is 1010. The van der Waals surface area contributed by atoms with Crippen molar-refractivity contribution in [2.75, 3.05) is 20.3 Å². The van der Waals surface area contributed by atoms with Crippen molar-refractivity contribution in [3.05, 3.63) is 64.1 Å². The SMILES string of the molecule is COCCn1nc(C(=O)NC[C@@H]2CC[C@@H](C)C[C@H](O)C[C@@H](c3ccccc3)C[C@@]2(C)O)ccc1=O. The zero-order valence-electron chi connectivity index (χ0n) is 21.0. The molecule has 0 bridgehead atoms. The summed E-state index contributed by atoms with van der Waals surface area (Å²) in [6.45, 7) is 4.83. The van der Waals surface area contributed by atoms with Crippen molar-refractivity contribution in [2.45, 2.75) is 70.1 Å². The van der Waals surface area contributed by atoms with Gasteiger partial charge in [0.05, 0.1) is 24.9 Å². The highest BCUT2D eigenvalue weighted by molar-refractivity contribution is 5.91. The molecule has 2 aromatic rings. The van der Waals surface area contributed by atoms with E-state index in [1.54, 1.807) is 0 Å². The van der Waals surface area contributed by atoms with Gasteiger partial charge < -0.3 is 20.3 Å². The molecular weight excluding hydrogens is 446 g/mol. The fraction of sp³-hybridized carbons (Fsp3) is 0.593. The highest BCUT2D eigenvalue weighted by atomic mass is 16.5. The van der Waals surface area contributed by atoms with Crippen LogP contribution < -0.4 is 10.9 Å². The summed E-state index contributed by atoms with van der Waals surface area (Å²) < 4.78 is 6.22. The predicted octanol–water partition coefficient (Wildman–Crippen LogP) is 2.73. The first kappa shape index (κ1) is 27.0. The normalized spacial score (nSPS) is 27.8. The minimum absolute atomic E-state index is 0.00992. The first-order valence-electron chi connectivity index (χ1n) is 12.5. The maximum Gasteiger partial charge on any atom is 0.271 e. The molecule has 0 aliphatic heterocycles. The molecule has 3 N–H and O–H groups in total. The molecule has 1 aromatic heterocycles. The fourth-order valence-corrected chi connectivity index (χ4v) is 5.07. The minimum Gasteiger partial charge on any atom is -0.393 e. The molecule has 0 saturated heterocycles. The predicted molar refractivity (Wildman–Crippen MR) is 134 cm³/mol. The van der Waals surface area contributed by atoms with Crippen LogP contribution in [0.4, 0.5) is 0 Å². The van der Waals surface area contributed by atoms with Crippen LogP contribution in [0.1, 0.15) is 67.9 Å². The Balaban J connectivity index is 1.75. The molecule has 1 heterocycles. The van der Waals surface area contributed by atoms with Crippen LogP contribution in [0.25, 0.3) is 0 Å². The first-order valence-corrected chi connectivity index (χ1v) is 12.5. The van der Waals surface area contributed by atoms with Gasteiger partial charge in [-0.1, -0.05) is 43.7 Å². The van der Waals surface area contributed by atoms with E-state index in [1.165, 1.54) is 23.9 Å². The molecule has 1 aliphatic carbocycles. The van der Waals surface area contributed by atoms with Crippen LogP contribution in [0.3, 0.4) is 0 Å². The molecule has 1 fully saturated rings. The van der Waals surface area contributed by atoms with Gasteiger partial charge >= 0.3 is 0 Å². The summed E-state index contributed by atoms with van der Waals surface area (Å²) in [4.78, 5) is 24.9. The van der Waals surface area contributed by atoms with Crippen LogP contribution in [-0.2, 0) is 11.3 Å². The van der Waals surface area contributed by atoms with E-state index in [-0.39, 0.29) is 35.5 Å². The smallest absolute Gasteiger partial charge is 0.271 e. The number of rotatable bonds is 7. The Kier molecular flexibility index (Phi) is 9.60. The number of aliphatic hydroxyl groups is 2. The summed E-state index contributed by atoms with van der Waals surface area (Å²) in [5.41, 5.74) is -0.0869. The average molecular weight is 486 g/mol. The number of carbonyl (C=O) groups is 1. The van der Waals surface area contributed by atoms with Crippen molar-refractivity contribution < 1.29 is 19.7 Å². The lowest BCUT2D eigenvalue weighted by Gasteiger charge is -2.38. The molecule has 8 heteroatoms. The third kappa shape index (κ3) is 7.72. The topological polar surface area (TPSA) is 114 Å². The molecule has 192 valence electrons. The summed E-state index contributed by atoms with van der Waals surface area (Å²) in [5, 5.41) is 29.4. The van der Waals surface area contributed by atoms with Gasteiger partial charge in [0, 0.05) is 25.6 Å². The third-order valence-corrected chi connectivity index (χ3v) is 7.16. The number of carbonyl (C=O) groups excluding carboxylic acids is 1. The largest absolute Gasteiger partial charge is 0.393 e. The van der Waals surface area contributed by atoms with Gasteiger partial charge in [-0.2, -0.15) is 5.10 Å². The number of nitrogens with one attached hydrogen (secondary N) is 1. The van der Waals surface area contributed by atoms with E-state index < -0.39 is 11.7 Å². The van der Waals surface area contributed by atoms with Gasteiger partial charge in [-0.15, -0.1) is 0 Å². The molecule has 1 aromatic carbocycles. The number of aromatic nitrogens is 2. The molecule has 5 atom stereocenters. The lowest BCUT2D eigenvalue weighted by molar-refractivity contribution is -0.0278. The van der Waals surface area contributed by atoms with E-state index in [0.29, 0.717) is 31.9 Å². The summed E-state index contributed by atoms with van der Waals surface area (Å²) in [5.74, 6) is -0.239. The molecular formula is C27H39N3O5. The van der Waals surface area contributed by atoms with E-state index in [9.17, 15) is 19.8 Å². The van der Waals surface area contributed by atoms with Gasteiger partial charge in [-0.05, 0) is 56.1 Å².